The molecule has 134 valence electrons. The number of hydrogen-bond acceptors (Lipinski definition) is 3. The molecule has 4 heteroatoms. The van der Waals surface area contributed by atoms with Gasteiger partial charge in [0.05, 0.1) is 6.20 Å². The number of carbonyl (C=O) groups excluding carboxylic acids is 1. The van der Waals surface area contributed by atoms with Crippen molar-refractivity contribution in [2.75, 3.05) is 6.54 Å². The van der Waals surface area contributed by atoms with Crippen molar-refractivity contribution in [2.24, 2.45) is 0 Å². The van der Waals surface area contributed by atoms with Crippen LogP contribution in [0.1, 0.15) is 31.2 Å². The fraction of sp³-hybridized carbons (Fsp3) is 0.273. The second-order valence-electron chi connectivity index (χ2n) is 6.29. The quantitative estimate of drug-likeness (QED) is 0.592. The van der Waals surface area contributed by atoms with Gasteiger partial charge in [-0.15, -0.1) is 0 Å². The van der Waals surface area contributed by atoms with Gasteiger partial charge in [-0.1, -0.05) is 67.6 Å². The molecule has 0 radical (unpaired) electrons. The smallest absolute Gasteiger partial charge is 0.223 e. The maximum Gasteiger partial charge on any atom is 0.223 e. The molecule has 0 fully saturated rings. The summed E-state index contributed by atoms with van der Waals surface area (Å²) < 4.78 is 5.80. The van der Waals surface area contributed by atoms with Crippen LogP contribution in [-0.2, 0) is 17.8 Å². The van der Waals surface area contributed by atoms with E-state index >= 15 is 0 Å². The minimum atomic E-state index is 0.134. The number of rotatable bonds is 8. The second-order valence-corrected chi connectivity index (χ2v) is 6.29. The van der Waals surface area contributed by atoms with Crippen molar-refractivity contribution in [2.45, 2.75) is 32.7 Å². The maximum atomic E-state index is 12.6. The van der Waals surface area contributed by atoms with E-state index in [1.54, 1.807) is 6.20 Å². The lowest BCUT2D eigenvalue weighted by Gasteiger charge is -2.22. The normalized spacial score (nSPS) is 10.7. The van der Waals surface area contributed by atoms with Crippen molar-refractivity contribution in [3.8, 4) is 11.3 Å². The third-order valence-corrected chi connectivity index (χ3v) is 4.23. The molecule has 0 aliphatic rings. The molecule has 2 aromatic carbocycles. The van der Waals surface area contributed by atoms with Gasteiger partial charge in [-0.05, 0) is 12.0 Å². The van der Waals surface area contributed by atoms with Crippen LogP contribution in [0.15, 0.2) is 71.3 Å². The van der Waals surface area contributed by atoms with Crippen LogP contribution < -0.4 is 0 Å². The predicted octanol–water partition coefficient (Wildman–Crippen LogP) is 4.71. The van der Waals surface area contributed by atoms with Gasteiger partial charge in [-0.25, -0.2) is 4.98 Å². The molecular formula is C22H24N2O2. The first-order valence-electron chi connectivity index (χ1n) is 9.08. The summed E-state index contributed by atoms with van der Waals surface area (Å²) in [6.45, 7) is 3.49. The average Bonchev–Trinajstić information content (AvgIpc) is 3.16. The number of carbonyl (C=O) groups is 1. The summed E-state index contributed by atoms with van der Waals surface area (Å²) >= 11 is 0. The molecule has 1 aromatic heterocycles. The third kappa shape index (κ3) is 4.82. The fourth-order valence-electron chi connectivity index (χ4n) is 2.90. The predicted molar refractivity (Wildman–Crippen MR) is 102 cm³/mol. The van der Waals surface area contributed by atoms with Gasteiger partial charge in [-0.2, -0.15) is 0 Å². The number of aromatic nitrogens is 1. The SMILES string of the molecule is CCCN(Cc1ccccc1)C(=O)CCc1ncc(-c2ccccc2)o1. The van der Waals surface area contributed by atoms with Crippen LogP contribution in [0.2, 0.25) is 0 Å². The Kier molecular flexibility index (Phi) is 6.20. The van der Waals surface area contributed by atoms with E-state index in [2.05, 4.69) is 24.0 Å². The van der Waals surface area contributed by atoms with E-state index in [0.29, 0.717) is 25.3 Å². The van der Waals surface area contributed by atoms with Gasteiger partial charge in [0, 0.05) is 31.5 Å². The Bertz CT molecular complexity index is 812. The van der Waals surface area contributed by atoms with Crippen molar-refractivity contribution >= 4 is 5.91 Å². The van der Waals surface area contributed by atoms with E-state index in [4.69, 9.17) is 4.42 Å². The van der Waals surface area contributed by atoms with Crippen molar-refractivity contribution < 1.29 is 9.21 Å². The summed E-state index contributed by atoms with van der Waals surface area (Å²) in [6, 6.07) is 20.0. The Morgan fingerprint density at radius 1 is 1.04 bits per heavy atom. The summed E-state index contributed by atoms with van der Waals surface area (Å²) in [5.41, 5.74) is 2.14. The minimum absolute atomic E-state index is 0.134. The Hall–Kier alpha value is -2.88. The zero-order valence-electron chi connectivity index (χ0n) is 15.1. The largest absolute Gasteiger partial charge is 0.441 e. The van der Waals surface area contributed by atoms with E-state index in [1.807, 2.05) is 53.4 Å². The Morgan fingerprint density at radius 3 is 2.42 bits per heavy atom. The summed E-state index contributed by atoms with van der Waals surface area (Å²) in [7, 11) is 0. The van der Waals surface area contributed by atoms with Crippen LogP contribution in [0, 0.1) is 0 Å². The van der Waals surface area contributed by atoms with E-state index in [-0.39, 0.29) is 5.91 Å². The van der Waals surface area contributed by atoms with Crippen molar-refractivity contribution in [3.05, 3.63) is 78.3 Å². The van der Waals surface area contributed by atoms with E-state index in [0.717, 1.165) is 29.9 Å². The first-order chi connectivity index (χ1) is 12.8. The molecule has 3 aromatic rings. The van der Waals surface area contributed by atoms with Gasteiger partial charge in [0.2, 0.25) is 5.91 Å². The molecule has 0 aliphatic heterocycles. The van der Waals surface area contributed by atoms with Crippen LogP contribution >= 0.6 is 0 Å². The van der Waals surface area contributed by atoms with Crippen LogP contribution in [0.4, 0.5) is 0 Å². The van der Waals surface area contributed by atoms with Gasteiger partial charge in [-0.3, -0.25) is 4.79 Å². The topological polar surface area (TPSA) is 46.3 Å². The van der Waals surface area contributed by atoms with E-state index in [1.165, 1.54) is 0 Å². The Balaban J connectivity index is 1.59. The molecule has 0 aliphatic carbocycles. The zero-order chi connectivity index (χ0) is 18.2. The van der Waals surface area contributed by atoms with Crippen LogP contribution in [-0.4, -0.2) is 22.3 Å². The van der Waals surface area contributed by atoms with Gasteiger partial charge < -0.3 is 9.32 Å². The zero-order valence-corrected chi connectivity index (χ0v) is 15.1. The highest BCUT2D eigenvalue weighted by Gasteiger charge is 2.15. The van der Waals surface area contributed by atoms with Gasteiger partial charge in [0.1, 0.15) is 0 Å². The Labute approximate surface area is 154 Å². The molecule has 1 heterocycles. The van der Waals surface area contributed by atoms with Crippen LogP contribution in [0.5, 0.6) is 0 Å². The number of amides is 1. The molecule has 0 saturated heterocycles. The Morgan fingerprint density at radius 2 is 1.73 bits per heavy atom. The molecule has 4 nitrogen and oxygen atoms in total. The fourth-order valence-corrected chi connectivity index (χ4v) is 2.90. The molecule has 0 N–H and O–H groups in total. The lowest BCUT2D eigenvalue weighted by Crippen LogP contribution is -2.31. The first kappa shape index (κ1) is 17.9. The number of nitrogens with zero attached hydrogens (tertiary/aromatic N) is 2. The first-order valence-corrected chi connectivity index (χ1v) is 9.08. The second kappa shape index (κ2) is 8.99. The molecule has 3 rings (SSSR count). The van der Waals surface area contributed by atoms with Gasteiger partial charge in [0.15, 0.2) is 11.7 Å². The molecule has 1 amide bonds. The van der Waals surface area contributed by atoms with E-state index < -0.39 is 0 Å². The van der Waals surface area contributed by atoms with Crippen molar-refractivity contribution in [1.29, 1.82) is 0 Å². The molecule has 26 heavy (non-hydrogen) atoms. The highest BCUT2D eigenvalue weighted by molar-refractivity contribution is 5.76. The number of benzene rings is 2. The summed E-state index contributed by atoms with van der Waals surface area (Å²) in [5.74, 6) is 1.48. The lowest BCUT2D eigenvalue weighted by molar-refractivity contribution is -0.131. The van der Waals surface area contributed by atoms with Gasteiger partial charge >= 0.3 is 0 Å². The van der Waals surface area contributed by atoms with Crippen molar-refractivity contribution in [3.63, 3.8) is 0 Å². The molecule has 0 saturated carbocycles. The van der Waals surface area contributed by atoms with Crippen LogP contribution in [0.25, 0.3) is 11.3 Å². The molecule has 0 spiro atoms. The average molecular weight is 348 g/mol. The lowest BCUT2D eigenvalue weighted by atomic mass is 10.2. The molecule has 0 bridgehead atoms. The molecular weight excluding hydrogens is 324 g/mol. The summed E-state index contributed by atoms with van der Waals surface area (Å²) in [6.07, 6.45) is 3.58. The highest BCUT2D eigenvalue weighted by Crippen LogP contribution is 2.20. The maximum absolute atomic E-state index is 12.6. The van der Waals surface area contributed by atoms with E-state index in [9.17, 15) is 4.79 Å². The monoisotopic (exact) mass is 348 g/mol. The molecule has 0 atom stereocenters. The third-order valence-electron chi connectivity index (χ3n) is 4.23. The summed E-state index contributed by atoms with van der Waals surface area (Å²) in [4.78, 5) is 18.9. The highest BCUT2D eigenvalue weighted by atomic mass is 16.4. The number of oxazole rings is 1. The van der Waals surface area contributed by atoms with Gasteiger partial charge in [0.25, 0.3) is 0 Å². The number of aryl methyl sites for hydroxylation is 1. The summed E-state index contributed by atoms with van der Waals surface area (Å²) in [5, 5.41) is 0. The standard InChI is InChI=1S/C22H24N2O2/c1-2-15-24(17-18-9-5-3-6-10-18)22(25)14-13-21-23-16-20(26-21)19-11-7-4-8-12-19/h3-12,16H,2,13-15,17H2,1H3. The molecule has 0 unspecified atom stereocenters. The minimum Gasteiger partial charge on any atom is -0.441 e. The van der Waals surface area contributed by atoms with Crippen LogP contribution in [0.3, 0.4) is 0 Å². The number of hydrogen-bond donors (Lipinski definition) is 0. The van der Waals surface area contributed by atoms with Crippen molar-refractivity contribution in [1.82, 2.24) is 9.88 Å².